The number of amides is 1. The molecule has 0 aliphatic heterocycles. The van der Waals surface area contributed by atoms with Crippen molar-refractivity contribution in [2.75, 3.05) is 5.32 Å². The van der Waals surface area contributed by atoms with Crippen molar-refractivity contribution in [3.63, 3.8) is 0 Å². The van der Waals surface area contributed by atoms with Crippen molar-refractivity contribution >= 4 is 11.6 Å². The Bertz CT molecular complexity index is 1050. The number of rotatable bonds is 3. The molecular formula is C19H17N3O3. The quantitative estimate of drug-likeness (QED) is 0.771. The third-order valence-corrected chi connectivity index (χ3v) is 4.00. The van der Waals surface area contributed by atoms with Crippen LogP contribution in [0.2, 0.25) is 0 Å². The molecule has 1 aromatic heterocycles. The summed E-state index contributed by atoms with van der Waals surface area (Å²) in [5.41, 5.74) is 1.58. The topological polar surface area (TPSA) is 84.0 Å². The minimum Gasteiger partial charge on any atom is -0.322 e. The normalized spacial score (nSPS) is 10.5. The van der Waals surface area contributed by atoms with Crippen LogP contribution >= 0.6 is 0 Å². The number of H-pyrrole nitrogens is 1. The van der Waals surface area contributed by atoms with E-state index in [0.717, 1.165) is 21.9 Å². The van der Waals surface area contributed by atoms with E-state index in [0.29, 0.717) is 11.4 Å². The summed E-state index contributed by atoms with van der Waals surface area (Å²) in [5.74, 6) is -0.579. The Balaban J connectivity index is 2.06. The molecule has 1 heterocycles. The van der Waals surface area contributed by atoms with Gasteiger partial charge in [0.15, 0.2) is 0 Å². The third kappa shape index (κ3) is 3.28. The second-order valence-electron chi connectivity index (χ2n) is 5.74. The predicted molar refractivity (Wildman–Crippen MR) is 96.5 cm³/mol. The number of aryl methyl sites for hydroxylation is 2. The van der Waals surface area contributed by atoms with Gasteiger partial charge in [0, 0.05) is 11.9 Å². The molecule has 0 aliphatic rings. The van der Waals surface area contributed by atoms with Gasteiger partial charge in [-0.15, -0.1) is 0 Å². The van der Waals surface area contributed by atoms with Crippen molar-refractivity contribution in [3.05, 3.63) is 92.3 Å². The minimum atomic E-state index is -0.666. The Labute approximate surface area is 143 Å². The van der Waals surface area contributed by atoms with Crippen molar-refractivity contribution in [1.29, 1.82) is 0 Å². The molecule has 0 fully saturated rings. The highest BCUT2D eigenvalue weighted by atomic mass is 16.2. The van der Waals surface area contributed by atoms with Gasteiger partial charge in [-0.25, -0.2) is 9.36 Å². The largest absolute Gasteiger partial charge is 0.333 e. The molecule has 0 radical (unpaired) electrons. The highest BCUT2D eigenvalue weighted by Crippen LogP contribution is 2.12. The van der Waals surface area contributed by atoms with Crippen LogP contribution in [0.5, 0.6) is 0 Å². The lowest BCUT2D eigenvalue weighted by molar-refractivity contribution is 0.102. The maximum Gasteiger partial charge on any atom is 0.333 e. The van der Waals surface area contributed by atoms with Crippen LogP contribution in [0.3, 0.4) is 0 Å². The number of anilines is 1. The zero-order valence-corrected chi connectivity index (χ0v) is 13.9. The van der Waals surface area contributed by atoms with Gasteiger partial charge in [0.2, 0.25) is 0 Å². The maximum absolute atomic E-state index is 12.7. The first-order chi connectivity index (χ1) is 12.0. The van der Waals surface area contributed by atoms with E-state index < -0.39 is 17.2 Å². The molecule has 1 amide bonds. The SMILES string of the molecule is Cc1ccc(-n2c(=O)[nH]cc(C(=O)Nc3ccccc3)c2=O)cc1C. The maximum atomic E-state index is 12.7. The van der Waals surface area contributed by atoms with Gasteiger partial charge in [-0.2, -0.15) is 0 Å². The Morgan fingerprint density at radius 1 is 1.00 bits per heavy atom. The van der Waals surface area contributed by atoms with Crippen LogP contribution in [-0.4, -0.2) is 15.5 Å². The van der Waals surface area contributed by atoms with E-state index in [2.05, 4.69) is 10.3 Å². The highest BCUT2D eigenvalue weighted by Gasteiger charge is 2.16. The Morgan fingerprint density at radius 2 is 1.72 bits per heavy atom. The van der Waals surface area contributed by atoms with Crippen molar-refractivity contribution in [3.8, 4) is 5.69 Å². The predicted octanol–water partition coefficient (Wildman–Crippen LogP) is 2.39. The van der Waals surface area contributed by atoms with E-state index in [1.807, 2.05) is 26.0 Å². The molecule has 2 aromatic carbocycles. The second-order valence-corrected chi connectivity index (χ2v) is 5.74. The molecule has 6 nitrogen and oxygen atoms in total. The van der Waals surface area contributed by atoms with E-state index >= 15 is 0 Å². The third-order valence-electron chi connectivity index (χ3n) is 4.00. The fourth-order valence-electron chi connectivity index (χ4n) is 2.45. The van der Waals surface area contributed by atoms with Crippen LogP contribution in [0.4, 0.5) is 5.69 Å². The van der Waals surface area contributed by atoms with Crippen molar-refractivity contribution in [1.82, 2.24) is 9.55 Å². The average Bonchev–Trinajstić information content (AvgIpc) is 2.59. The van der Waals surface area contributed by atoms with Crippen LogP contribution in [-0.2, 0) is 0 Å². The zero-order chi connectivity index (χ0) is 18.0. The fourth-order valence-corrected chi connectivity index (χ4v) is 2.45. The Morgan fingerprint density at radius 3 is 2.40 bits per heavy atom. The number of carbonyl (C=O) groups excluding carboxylic acids is 1. The highest BCUT2D eigenvalue weighted by molar-refractivity contribution is 6.03. The number of para-hydroxylation sites is 1. The summed E-state index contributed by atoms with van der Waals surface area (Å²) in [6.07, 6.45) is 1.14. The van der Waals surface area contributed by atoms with Crippen LogP contribution in [0.15, 0.2) is 64.3 Å². The van der Waals surface area contributed by atoms with Crippen LogP contribution in [0.1, 0.15) is 21.5 Å². The van der Waals surface area contributed by atoms with E-state index in [9.17, 15) is 14.4 Å². The van der Waals surface area contributed by atoms with Gasteiger partial charge in [-0.05, 0) is 49.2 Å². The van der Waals surface area contributed by atoms with Crippen molar-refractivity contribution in [2.45, 2.75) is 13.8 Å². The molecule has 0 bridgehead atoms. The smallest absolute Gasteiger partial charge is 0.322 e. The number of aromatic amines is 1. The summed E-state index contributed by atoms with van der Waals surface area (Å²) in [7, 11) is 0. The molecule has 3 aromatic rings. The van der Waals surface area contributed by atoms with Crippen molar-refractivity contribution < 1.29 is 4.79 Å². The standard InChI is InChI=1S/C19H17N3O3/c1-12-8-9-15(10-13(12)2)22-18(24)16(11-20-19(22)25)17(23)21-14-6-4-3-5-7-14/h3-11H,1-2H3,(H,20,25)(H,21,23). The lowest BCUT2D eigenvalue weighted by Crippen LogP contribution is -2.38. The molecule has 0 saturated carbocycles. The summed E-state index contributed by atoms with van der Waals surface area (Å²) >= 11 is 0. The van der Waals surface area contributed by atoms with Crippen LogP contribution in [0, 0.1) is 13.8 Å². The molecule has 2 N–H and O–H groups in total. The van der Waals surface area contributed by atoms with E-state index in [1.165, 1.54) is 0 Å². The van der Waals surface area contributed by atoms with Crippen LogP contribution in [0.25, 0.3) is 5.69 Å². The van der Waals surface area contributed by atoms with Gasteiger partial charge in [-0.1, -0.05) is 24.3 Å². The molecule has 126 valence electrons. The van der Waals surface area contributed by atoms with Gasteiger partial charge in [-0.3, -0.25) is 9.59 Å². The summed E-state index contributed by atoms with van der Waals surface area (Å²) in [6.45, 7) is 3.83. The first-order valence-corrected chi connectivity index (χ1v) is 7.76. The minimum absolute atomic E-state index is 0.137. The monoisotopic (exact) mass is 335 g/mol. The number of benzene rings is 2. The summed E-state index contributed by atoms with van der Waals surface area (Å²) in [4.78, 5) is 39.7. The zero-order valence-electron chi connectivity index (χ0n) is 13.9. The summed E-state index contributed by atoms with van der Waals surface area (Å²) < 4.78 is 0.965. The van der Waals surface area contributed by atoms with Gasteiger partial charge in [0.25, 0.3) is 11.5 Å². The lowest BCUT2D eigenvalue weighted by Gasteiger charge is -2.09. The van der Waals surface area contributed by atoms with Gasteiger partial charge < -0.3 is 10.3 Å². The van der Waals surface area contributed by atoms with Crippen molar-refractivity contribution in [2.24, 2.45) is 0 Å². The molecule has 3 rings (SSSR count). The van der Waals surface area contributed by atoms with E-state index in [1.54, 1.807) is 36.4 Å². The molecule has 6 heteroatoms. The number of nitrogens with zero attached hydrogens (tertiary/aromatic N) is 1. The number of aromatic nitrogens is 2. The van der Waals surface area contributed by atoms with Crippen LogP contribution < -0.4 is 16.6 Å². The van der Waals surface area contributed by atoms with Gasteiger partial charge in [0.05, 0.1) is 5.69 Å². The lowest BCUT2D eigenvalue weighted by atomic mass is 10.1. The second kappa shape index (κ2) is 6.60. The first-order valence-electron chi connectivity index (χ1n) is 7.76. The van der Waals surface area contributed by atoms with E-state index in [-0.39, 0.29) is 5.56 Å². The number of hydrogen-bond acceptors (Lipinski definition) is 3. The number of nitrogens with one attached hydrogen (secondary N) is 2. The van der Waals surface area contributed by atoms with Gasteiger partial charge >= 0.3 is 5.69 Å². The number of carbonyl (C=O) groups is 1. The Kier molecular flexibility index (Phi) is 4.35. The molecule has 0 saturated heterocycles. The first kappa shape index (κ1) is 16.4. The molecule has 0 spiro atoms. The molecule has 0 aliphatic carbocycles. The molecule has 0 atom stereocenters. The number of hydrogen-bond donors (Lipinski definition) is 2. The fraction of sp³-hybridized carbons (Fsp3) is 0.105. The summed E-state index contributed by atoms with van der Waals surface area (Å²) in [6, 6.07) is 14.0. The molecule has 0 unspecified atom stereocenters. The molecule has 25 heavy (non-hydrogen) atoms. The average molecular weight is 335 g/mol. The van der Waals surface area contributed by atoms with E-state index in [4.69, 9.17) is 0 Å². The molecular weight excluding hydrogens is 318 g/mol. The Hall–Kier alpha value is -3.41. The van der Waals surface area contributed by atoms with Gasteiger partial charge in [0.1, 0.15) is 5.56 Å². The summed E-state index contributed by atoms with van der Waals surface area (Å²) in [5, 5.41) is 2.64.